The second-order valence-corrected chi connectivity index (χ2v) is 33.3. The Morgan fingerprint density at radius 3 is 1.18 bits per heavy atom. The first-order valence-corrected chi connectivity index (χ1v) is 41.0. The van der Waals surface area contributed by atoms with Gasteiger partial charge in [-0.3, -0.25) is 0 Å². The molecule has 9 fully saturated rings. The van der Waals surface area contributed by atoms with Gasteiger partial charge in [0.25, 0.3) is 0 Å². The zero-order valence-corrected chi connectivity index (χ0v) is 66.4. The molecule has 0 heterocycles. The molecule has 99 heavy (non-hydrogen) atoms. The molecule has 9 nitrogen and oxygen atoms in total. The number of aliphatic hydroxyl groups is 9. The van der Waals surface area contributed by atoms with Gasteiger partial charge in [-0.1, -0.05) is 161 Å². The normalized spacial score (nSPS) is 32.3. The minimum Gasteiger partial charge on any atom is -0.393 e. The van der Waals surface area contributed by atoms with Crippen LogP contribution in [-0.2, 0) is 0 Å². The average Bonchev–Trinajstić information content (AvgIpc) is 2.13. The highest BCUT2D eigenvalue weighted by atomic mass is 16.3. The predicted octanol–water partition coefficient (Wildman–Crippen LogP) is 22.4. The molecule has 13 atom stereocenters. The standard InChI is InChI=1S/9C10H18O/c2*1-8(2)7-9-3-5-10(11)6-4-9;2*1-8(2)6-9-4-3-5-10(11)7-9;2*1-8(2)7-9-5-3-4-6-10(9)11;1-3-8(2)9-4-6-10(11)7-5-9;1-2-3-6-9-7-4-5-8-10(9)11;1-2-3-5-9-6-4-7-10(11)8-9/h7,9-11H,3-6H2,1-2H3;9-11H,1,3-7H2,2H3;6,9-11H,3-5,7H2,1-2H3;9-11H,1,3-7H2,2H3;7,9-11H,3-6H2,1-2H3;9-11H,1,3-7H2,2H3;3,8-11H,1,4-7H2,2H3;3,6,9-11H,2,4-5,7-8H2,1H3;3,5,9-11H,2,4,6-8H2,1H3/b;;;;;;;6-3+;5-3+. The number of aliphatic hydroxyl groups excluding tert-OH is 9. The first-order valence-electron chi connectivity index (χ1n) is 41.0. The largest absolute Gasteiger partial charge is 0.393 e. The van der Waals surface area contributed by atoms with E-state index in [1.54, 1.807) is 0 Å². The summed E-state index contributed by atoms with van der Waals surface area (Å²) in [5.74, 6) is 6.33. The van der Waals surface area contributed by atoms with Gasteiger partial charge in [-0.15, -0.1) is 26.3 Å². The van der Waals surface area contributed by atoms with Crippen LogP contribution < -0.4 is 0 Å². The second-order valence-electron chi connectivity index (χ2n) is 33.3. The smallest absolute Gasteiger partial charge is 0.0602 e. The van der Waals surface area contributed by atoms with E-state index in [4.69, 9.17) is 0 Å². The molecule has 0 radical (unpaired) electrons. The molecule has 0 spiro atoms. The van der Waals surface area contributed by atoms with Gasteiger partial charge >= 0.3 is 0 Å². The van der Waals surface area contributed by atoms with Gasteiger partial charge in [0, 0.05) is 11.8 Å². The van der Waals surface area contributed by atoms with Crippen LogP contribution in [0.25, 0.3) is 0 Å². The fraction of sp³-hybridized carbons (Fsp3) is 0.800. The van der Waals surface area contributed by atoms with E-state index in [-0.39, 0.29) is 54.9 Å². The van der Waals surface area contributed by atoms with Crippen molar-refractivity contribution in [2.75, 3.05) is 0 Å². The highest BCUT2D eigenvalue weighted by Crippen LogP contribution is 2.34. The van der Waals surface area contributed by atoms with Crippen LogP contribution in [0, 0.1) is 59.2 Å². The zero-order valence-electron chi connectivity index (χ0n) is 66.4. The van der Waals surface area contributed by atoms with Gasteiger partial charge < -0.3 is 46.0 Å². The Bertz CT molecular complexity index is 2190. The monoisotopic (exact) mass is 1390 g/mol. The van der Waals surface area contributed by atoms with Crippen LogP contribution in [0.1, 0.15) is 346 Å². The molecule has 13 unspecified atom stereocenters. The highest BCUT2D eigenvalue weighted by molar-refractivity contribution is 5.02. The maximum absolute atomic E-state index is 9.58. The Labute approximate surface area is 611 Å². The molecule has 0 saturated heterocycles. The number of rotatable bonds is 15. The maximum atomic E-state index is 9.58. The highest BCUT2D eigenvalue weighted by Gasteiger charge is 2.26. The summed E-state index contributed by atoms with van der Waals surface area (Å²) in [6.07, 6.45) is 63.2. The van der Waals surface area contributed by atoms with Gasteiger partial charge in [-0.05, 0) is 315 Å². The molecule has 9 aliphatic carbocycles. The van der Waals surface area contributed by atoms with E-state index in [9.17, 15) is 46.0 Å². The fourth-order valence-corrected chi connectivity index (χ4v) is 16.2. The summed E-state index contributed by atoms with van der Waals surface area (Å²) in [5.41, 5.74) is 7.86. The lowest BCUT2D eigenvalue weighted by atomic mass is 9.80. The van der Waals surface area contributed by atoms with Gasteiger partial charge in [-0.2, -0.15) is 0 Å². The molecular formula is C90H162O9. The van der Waals surface area contributed by atoms with E-state index >= 15 is 0 Å². The molecular weight excluding hydrogens is 1220 g/mol. The van der Waals surface area contributed by atoms with Crippen molar-refractivity contribution in [3.05, 3.63) is 108 Å². The third-order valence-corrected chi connectivity index (χ3v) is 21.8. The first kappa shape index (κ1) is 94.3. The average molecular weight is 1390 g/mol. The summed E-state index contributed by atoms with van der Waals surface area (Å²) < 4.78 is 0. The van der Waals surface area contributed by atoms with Crippen molar-refractivity contribution >= 4 is 0 Å². The molecule has 9 rings (SSSR count). The van der Waals surface area contributed by atoms with Gasteiger partial charge in [0.2, 0.25) is 0 Å². The molecule has 0 amide bonds. The van der Waals surface area contributed by atoms with E-state index in [2.05, 4.69) is 145 Å². The minimum absolute atomic E-state index is 0.0168. The summed E-state index contributed by atoms with van der Waals surface area (Å²) in [6.45, 7) is 40.9. The lowest BCUT2D eigenvalue weighted by molar-refractivity contribution is 0.0700. The van der Waals surface area contributed by atoms with Crippen molar-refractivity contribution in [2.45, 2.75) is 401 Å². The molecule has 576 valence electrons. The Hall–Kier alpha value is -2.70. The van der Waals surface area contributed by atoms with Crippen molar-refractivity contribution in [1.29, 1.82) is 0 Å². The summed E-state index contributed by atoms with van der Waals surface area (Å²) in [5, 5.41) is 84.5. The summed E-state index contributed by atoms with van der Waals surface area (Å²) >= 11 is 0. The number of allylic oxidation sites excluding steroid dienone is 12. The van der Waals surface area contributed by atoms with Crippen LogP contribution in [0.15, 0.2) is 108 Å². The van der Waals surface area contributed by atoms with Crippen LogP contribution >= 0.6 is 0 Å². The second kappa shape index (κ2) is 57.6. The topological polar surface area (TPSA) is 182 Å². The number of hydrogen-bond acceptors (Lipinski definition) is 9. The van der Waals surface area contributed by atoms with E-state index in [1.165, 1.54) is 168 Å². The molecule has 0 aliphatic heterocycles. The number of hydrogen-bond donors (Lipinski definition) is 9. The fourth-order valence-electron chi connectivity index (χ4n) is 16.2. The third kappa shape index (κ3) is 50.4. The Morgan fingerprint density at radius 1 is 0.343 bits per heavy atom. The van der Waals surface area contributed by atoms with Crippen molar-refractivity contribution in [2.24, 2.45) is 59.2 Å². The minimum atomic E-state index is -0.0707. The Morgan fingerprint density at radius 2 is 0.737 bits per heavy atom. The van der Waals surface area contributed by atoms with E-state index in [0.29, 0.717) is 41.4 Å². The quantitative estimate of drug-likeness (QED) is 0.0721. The summed E-state index contributed by atoms with van der Waals surface area (Å²) in [6, 6.07) is 0. The summed E-state index contributed by atoms with van der Waals surface area (Å²) in [7, 11) is 0. The van der Waals surface area contributed by atoms with Crippen LogP contribution in [-0.4, -0.2) is 101 Å². The molecule has 0 aromatic rings. The molecule has 9 saturated carbocycles. The lowest BCUT2D eigenvalue weighted by Gasteiger charge is -2.28. The van der Waals surface area contributed by atoms with Crippen molar-refractivity contribution in [1.82, 2.24) is 0 Å². The molecule has 9 heteroatoms. The first-order chi connectivity index (χ1) is 47.0. The zero-order chi connectivity index (χ0) is 74.1. The molecule has 9 aliphatic rings. The van der Waals surface area contributed by atoms with Crippen LogP contribution in [0.3, 0.4) is 0 Å². The maximum Gasteiger partial charge on any atom is 0.0602 e. The van der Waals surface area contributed by atoms with Crippen LogP contribution in [0.4, 0.5) is 0 Å². The van der Waals surface area contributed by atoms with Gasteiger partial charge in [0.15, 0.2) is 0 Å². The Balaban J connectivity index is 0.000000557. The van der Waals surface area contributed by atoms with E-state index < -0.39 is 0 Å². The molecule has 0 aromatic heterocycles. The van der Waals surface area contributed by atoms with Gasteiger partial charge in [0.05, 0.1) is 54.9 Å². The van der Waals surface area contributed by atoms with Crippen LogP contribution in [0.2, 0.25) is 0 Å². The third-order valence-electron chi connectivity index (χ3n) is 21.8. The predicted molar refractivity (Wildman–Crippen MR) is 426 cm³/mol. The molecule has 0 aromatic carbocycles. The van der Waals surface area contributed by atoms with Gasteiger partial charge in [0.1, 0.15) is 0 Å². The van der Waals surface area contributed by atoms with Gasteiger partial charge in [-0.25, -0.2) is 0 Å². The Kier molecular flexibility index (Phi) is 54.9. The summed E-state index contributed by atoms with van der Waals surface area (Å²) in [4.78, 5) is 0. The van der Waals surface area contributed by atoms with Crippen LogP contribution in [0.5, 0.6) is 0 Å². The lowest BCUT2D eigenvalue weighted by Crippen LogP contribution is -2.24. The van der Waals surface area contributed by atoms with E-state index in [1.807, 2.05) is 13.0 Å². The SMILES string of the molecule is C=C(C)CC1CCC(O)CC1.C=C(C)CC1CCCC(O)C1.C=C(C)CC1CCCCC1O.C=CC(C)C1CCC(O)CC1.CC(C)=CC1CCC(O)CC1.CC(C)=CC1CCCC(O)C1.CC(C)=CC1CCCCC1O.CC/C=C/C1CCCC(O)C1.CC/C=C/C1CCCCC1O. The van der Waals surface area contributed by atoms with Crippen molar-refractivity contribution in [3.63, 3.8) is 0 Å². The molecule has 9 N–H and O–H groups in total. The van der Waals surface area contributed by atoms with Crippen molar-refractivity contribution in [3.8, 4) is 0 Å². The van der Waals surface area contributed by atoms with Crippen molar-refractivity contribution < 1.29 is 46.0 Å². The van der Waals surface area contributed by atoms with E-state index in [0.717, 1.165) is 146 Å². The molecule has 0 bridgehead atoms.